The molecule has 0 aromatic heterocycles. The fourth-order valence-electron chi connectivity index (χ4n) is 1.66. The lowest BCUT2D eigenvalue weighted by Gasteiger charge is -2.07. The second-order valence-corrected chi connectivity index (χ2v) is 4.79. The number of ether oxygens (including phenoxy) is 1. The largest absolute Gasteiger partial charge is 0.385 e. The minimum absolute atomic E-state index is 0.790. The predicted octanol–water partition coefficient (Wildman–Crippen LogP) is 3.94. The standard InChI is InChI=1S/C15H25NO/c1-14(2)8-6-12-17-13-7-11-16-15-9-4-3-5-10-15/h3-5,9-10,14,16H,6-8,11-13H2,1-2H3. The lowest BCUT2D eigenvalue weighted by molar-refractivity contribution is 0.127. The monoisotopic (exact) mass is 235 g/mol. The van der Waals surface area contributed by atoms with Gasteiger partial charge < -0.3 is 10.1 Å². The van der Waals surface area contributed by atoms with Gasteiger partial charge in [0, 0.05) is 25.4 Å². The second kappa shape index (κ2) is 9.06. The van der Waals surface area contributed by atoms with E-state index in [1.165, 1.54) is 18.5 Å². The molecule has 0 bridgehead atoms. The van der Waals surface area contributed by atoms with Gasteiger partial charge in [-0.1, -0.05) is 32.0 Å². The summed E-state index contributed by atoms with van der Waals surface area (Å²) in [5.41, 5.74) is 1.19. The summed E-state index contributed by atoms with van der Waals surface area (Å²) >= 11 is 0. The summed E-state index contributed by atoms with van der Waals surface area (Å²) in [6.45, 7) is 7.25. The zero-order valence-electron chi connectivity index (χ0n) is 11.1. The number of anilines is 1. The summed E-state index contributed by atoms with van der Waals surface area (Å²) < 4.78 is 5.58. The van der Waals surface area contributed by atoms with Crippen LogP contribution in [-0.4, -0.2) is 19.8 Å². The predicted molar refractivity (Wildman–Crippen MR) is 74.4 cm³/mol. The van der Waals surface area contributed by atoms with Crippen LogP contribution in [0.1, 0.15) is 33.1 Å². The Morgan fingerprint density at radius 1 is 1.06 bits per heavy atom. The molecule has 1 aromatic carbocycles. The molecule has 0 atom stereocenters. The lowest BCUT2D eigenvalue weighted by Crippen LogP contribution is -2.06. The van der Waals surface area contributed by atoms with Gasteiger partial charge in [0.1, 0.15) is 0 Å². The fraction of sp³-hybridized carbons (Fsp3) is 0.600. The molecule has 0 aliphatic carbocycles. The molecule has 1 rings (SSSR count). The van der Waals surface area contributed by atoms with Gasteiger partial charge >= 0.3 is 0 Å². The maximum Gasteiger partial charge on any atom is 0.0482 e. The van der Waals surface area contributed by atoms with Crippen molar-refractivity contribution in [2.24, 2.45) is 5.92 Å². The number of benzene rings is 1. The van der Waals surface area contributed by atoms with E-state index >= 15 is 0 Å². The zero-order chi connectivity index (χ0) is 12.3. The van der Waals surface area contributed by atoms with E-state index in [0.717, 1.165) is 32.1 Å². The van der Waals surface area contributed by atoms with Crippen molar-refractivity contribution in [1.82, 2.24) is 0 Å². The molecule has 1 N–H and O–H groups in total. The highest BCUT2D eigenvalue weighted by molar-refractivity contribution is 5.42. The summed E-state index contributed by atoms with van der Waals surface area (Å²) in [7, 11) is 0. The summed E-state index contributed by atoms with van der Waals surface area (Å²) in [5.74, 6) is 0.790. The average Bonchev–Trinajstić information content (AvgIpc) is 2.33. The van der Waals surface area contributed by atoms with Gasteiger partial charge in [-0.2, -0.15) is 0 Å². The van der Waals surface area contributed by atoms with Gasteiger partial charge in [0.2, 0.25) is 0 Å². The SMILES string of the molecule is CC(C)CCCOCCCNc1ccccc1. The van der Waals surface area contributed by atoms with Crippen LogP contribution in [0.25, 0.3) is 0 Å². The molecule has 0 saturated heterocycles. The molecule has 0 unspecified atom stereocenters. The summed E-state index contributed by atoms with van der Waals surface area (Å²) in [5, 5.41) is 3.37. The molecule has 2 heteroatoms. The first-order valence-corrected chi connectivity index (χ1v) is 6.65. The molecule has 0 amide bonds. The van der Waals surface area contributed by atoms with Gasteiger partial charge in [-0.25, -0.2) is 0 Å². The molecule has 0 heterocycles. The Hall–Kier alpha value is -1.02. The molecule has 0 aliphatic heterocycles. The van der Waals surface area contributed by atoms with Crippen molar-refractivity contribution in [2.75, 3.05) is 25.1 Å². The molecule has 0 fully saturated rings. The normalized spacial score (nSPS) is 10.8. The van der Waals surface area contributed by atoms with Gasteiger partial charge in [0.15, 0.2) is 0 Å². The van der Waals surface area contributed by atoms with E-state index in [-0.39, 0.29) is 0 Å². The third kappa shape index (κ3) is 7.81. The first-order chi connectivity index (χ1) is 8.29. The fourth-order valence-corrected chi connectivity index (χ4v) is 1.66. The number of nitrogens with one attached hydrogen (secondary N) is 1. The van der Waals surface area contributed by atoms with Crippen molar-refractivity contribution >= 4 is 5.69 Å². The van der Waals surface area contributed by atoms with E-state index in [4.69, 9.17) is 4.74 Å². The molecular weight excluding hydrogens is 210 g/mol. The maximum atomic E-state index is 5.58. The van der Waals surface area contributed by atoms with E-state index in [1.807, 2.05) is 18.2 Å². The Kier molecular flexibility index (Phi) is 7.48. The van der Waals surface area contributed by atoms with Gasteiger partial charge in [-0.3, -0.25) is 0 Å². The van der Waals surface area contributed by atoms with Crippen molar-refractivity contribution in [3.63, 3.8) is 0 Å². The molecule has 0 radical (unpaired) electrons. The van der Waals surface area contributed by atoms with Gasteiger partial charge in [-0.05, 0) is 37.3 Å². The van der Waals surface area contributed by atoms with Gasteiger partial charge in [-0.15, -0.1) is 0 Å². The van der Waals surface area contributed by atoms with Crippen LogP contribution in [-0.2, 0) is 4.74 Å². The van der Waals surface area contributed by atoms with Crippen LogP contribution < -0.4 is 5.32 Å². The number of rotatable bonds is 9. The van der Waals surface area contributed by atoms with Crippen LogP contribution in [0.2, 0.25) is 0 Å². The van der Waals surface area contributed by atoms with Crippen molar-refractivity contribution < 1.29 is 4.74 Å². The minimum atomic E-state index is 0.790. The molecule has 0 spiro atoms. The quantitative estimate of drug-likeness (QED) is 0.655. The molecule has 1 aromatic rings. The summed E-state index contributed by atoms with van der Waals surface area (Å²) in [6, 6.07) is 10.3. The maximum absolute atomic E-state index is 5.58. The highest BCUT2D eigenvalue weighted by atomic mass is 16.5. The Bertz CT molecular complexity index is 272. The second-order valence-electron chi connectivity index (χ2n) is 4.79. The van der Waals surface area contributed by atoms with E-state index in [0.29, 0.717) is 0 Å². The Balaban J connectivity index is 1.88. The van der Waals surface area contributed by atoms with Gasteiger partial charge in [0.05, 0.1) is 0 Å². The van der Waals surface area contributed by atoms with Crippen LogP contribution in [0.15, 0.2) is 30.3 Å². The topological polar surface area (TPSA) is 21.3 Å². The number of para-hydroxylation sites is 1. The number of hydrogen-bond acceptors (Lipinski definition) is 2. The molecule has 17 heavy (non-hydrogen) atoms. The van der Waals surface area contributed by atoms with Crippen LogP contribution in [0.3, 0.4) is 0 Å². The third-order valence-corrected chi connectivity index (χ3v) is 2.64. The van der Waals surface area contributed by atoms with Crippen LogP contribution >= 0.6 is 0 Å². The van der Waals surface area contributed by atoms with Crippen LogP contribution in [0, 0.1) is 5.92 Å². The number of hydrogen-bond donors (Lipinski definition) is 1. The highest BCUT2D eigenvalue weighted by Gasteiger charge is 1.94. The van der Waals surface area contributed by atoms with Gasteiger partial charge in [0.25, 0.3) is 0 Å². The zero-order valence-corrected chi connectivity index (χ0v) is 11.1. The summed E-state index contributed by atoms with van der Waals surface area (Å²) in [6.07, 6.45) is 3.52. The molecule has 0 saturated carbocycles. The first-order valence-electron chi connectivity index (χ1n) is 6.65. The molecule has 2 nitrogen and oxygen atoms in total. The van der Waals surface area contributed by atoms with Crippen LogP contribution in [0.4, 0.5) is 5.69 Å². The van der Waals surface area contributed by atoms with Crippen molar-refractivity contribution in [3.05, 3.63) is 30.3 Å². The van der Waals surface area contributed by atoms with Crippen molar-refractivity contribution in [1.29, 1.82) is 0 Å². The van der Waals surface area contributed by atoms with E-state index < -0.39 is 0 Å². The van der Waals surface area contributed by atoms with Crippen molar-refractivity contribution in [3.8, 4) is 0 Å². The lowest BCUT2D eigenvalue weighted by atomic mass is 10.1. The summed E-state index contributed by atoms with van der Waals surface area (Å²) in [4.78, 5) is 0. The molecule has 96 valence electrons. The van der Waals surface area contributed by atoms with Crippen molar-refractivity contribution in [2.45, 2.75) is 33.1 Å². The average molecular weight is 235 g/mol. The molecule has 0 aliphatic rings. The van der Waals surface area contributed by atoms with E-state index in [2.05, 4.69) is 31.3 Å². The highest BCUT2D eigenvalue weighted by Crippen LogP contribution is 2.05. The van der Waals surface area contributed by atoms with E-state index in [1.54, 1.807) is 0 Å². The Morgan fingerprint density at radius 3 is 2.47 bits per heavy atom. The smallest absolute Gasteiger partial charge is 0.0482 e. The third-order valence-electron chi connectivity index (χ3n) is 2.64. The minimum Gasteiger partial charge on any atom is -0.385 e. The first kappa shape index (κ1) is 14.0. The molecular formula is C15H25NO. The van der Waals surface area contributed by atoms with E-state index in [9.17, 15) is 0 Å². The Morgan fingerprint density at radius 2 is 1.76 bits per heavy atom. The van der Waals surface area contributed by atoms with Crippen LogP contribution in [0.5, 0.6) is 0 Å². The Labute approximate surface area is 105 Å².